The zero-order valence-corrected chi connectivity index (χ0v) is 13.9. The normalized spacial score (nSPS) is 11.4. The molecule has 0 aliphatic rings. The van der Waals surface area contributed by atoms with Gasteiger partial charge in [0.15, 0.2) is 0 Å². The Labute approximate surface area is 141 Å². The van der Waals surface area contributed by atoms with Gasteiger partial charge in [-0.1, -0.05) is 0 Å². The van der Waals surface area contributed by atoms with E-state index in [1.54, 1.807) is 36.4 Å². The van der Waals surface area contributed by atoms with Gasteiger partial charge >= 0.3 is 141 Å². The van der Waals surface area contributed by atoms with E-state index in [2.05, 4.69) is 0 Å². The van der Waals surface area contributed by atoms with Crippen molar-refractivity contribution in [1.29, 1.82) is 0 Å². The van der Waals surface area contributed by atoms with Crippen LogP contribution in [0.3, 0.4) is 0 Å². The Morgan fingerprint density at radius 2 is 1.04 bits per heavy atom. The van der Waals surface area contributed by atoms with E-state index in [-0.39, 0.29) is 0 Å². The van der Waals surface area contributed by atoms with Crippen molar-refractivity contribution in [3.05, 3.63) is 83.7 Å². The van der Waals surface area contributed by atoms with Crippen molar-refractivity contribution in [3.8, 4) is 11.1 Å². The Balaban J connectivity index is 2.12. The summed E-state index contributed by atoms with van der Waals surface area (Å²) in [4.78, 5) is 0. The molecule has 0 saturated carbocycles. The predicted octanol–water partition coefficient (Wildman–Crippen LogP) is 3.70. The molecule has 0 aromatic heterocycles. The van der Waals surface area contributed by atoms with Crippen LogP contribution in [0.15, 0.2) is 54.6 Å². The number of halogens is 5. The van der Waals surface area contributed by atoms with Crippen molar-refractivity contribution >= 4 is 24.5 Å². The summed E-state index contributed by atoms with van der Waals surface area (Å²) in [5.41, 5.74) is 1.52. The molecule has 0 aliphatic carbocycles. The molecular weight excluding hydrogens is 386 g/mol. The van der Waals surface area contributed by atoms with E-state index < -0.39 is 49.2 Å². The third-order valence-corrected chi connectivity index (χ3v) is 6.02. The van der Waals surface area contributed by atoms with E-state index in [0.717, 1.165) is 5.56 Å². The summed E-state index contributed by atoms with van der Waals surface area (Å²) in [7, 11) is 0. The molecule has 0 bridgehead atoms. The molecule has 0 unspecified atom stereocenters. The van der Waals surface area contributed by atoms with Gasteiger partial charge in [-0.3, -0.25) is 0 Å². The van der Waals surface area contributed by atoms with Crippen molar-refractivity contribution < 1.29 is 22.0 Å². The van der Waals surface area contributed by atoms with E-state index in [4.69, 9.17) is 0 Å². The van der Waals surface area contributed by atoms with Crippen molar-refractivity contribution in [2.24, 2.45) is 0 Å². The standard InChI is InChI=1S/C18H9AsF5/c20-14-13(15(21)17(23)18(24)16(14)22)19-12-9-5-4-8-11(12)10-6-2-1-3-7-10/h1-9H. The molecule has 0 amide bonds. The second-order valence-electron chi connectivity index (χ2n) is 4.91. The molecule has 0 spiro atoms. The molecule has 24 heavy (non-hydrogen) atoms. The number of rotatable bonds is 3. The first-order valence-corrected chi connectivity index (χ1v) is 8.76. The summed E-state index contributed by atoms with van der Waals surface area (Å²) in [6, 6.07) is 15.9. The van der Waals surface area contributed by atoms with Crippen LogP contribution in [0, 0.1) is 29.1 Å². The third-order valence-electron chi connectivity index (χ3n) is 3.41. The molecule has 3 rings (SSSR count). The molecule has 3 aromatic carbocycles. The fourth-order valence-electron chi connectivity index (χ4n) is 2.24. The van der Waals surface area contributed by atoms with Gasteiger partial charge in [0.25, 0.3) is 0 Å². The van der Waals surface area contributed by atoms with Crippen molar-refractivity contribution in [2.75, 3.05) is 0 Å². The van der Waals surface area contributed by atoms with Gasteiger partial charge in [0.05, 0.1) is 0 Å². The summed E-state index contributed by atoms with van der Waals surface area (Å²) in [5, 5.41) is 0. The summed E-state index contributed by atoms with van der Waals surface area (Å²) in [6.45, 7) is 0. The topological polar surface area (TPSA) is 0 Å². The Kier molecular flexibility index (Phi) is 4.72. The van der Waals surface area contributed by atoms with Crippen LogP contribution in [0.2, 0.25) is 0 Å². The Morgan fingerprint density at radius 3 is 1.67 bits per heavy atom. The van der Waals surface area contributed by atoms with Crippen LogP contribution in [0.25, 0.3) is 11.1 Å². The van der Waals surface area contributed by atoms with Gasteiger partial charge in [0, 0.05) is 0 Å². The minimum absolute atomic E-state index is 0.558. The fraction of sp³-hybridized carbons (Fsp3) is 0. The van der Waals surface area contributed by atoms with Crippen molar-refractivity contribution in [1.82, 2.24) is 0 Å². The molecule has 3 aromatic rings. The van der Waals surface area contributed by atoms with Crippen LogP contribution in [0.4, 0.5) is 22.0 Å². The molecule has 121 valence electrons. The minimum atomic E-state index is -2.13. The number of hydrogen-bond donors (Lipinski definition) is 0. The summed E-state index contributed by atoms with van der Waals surface area (Å²) >= 11 is -1.43. The summed E-state index contributed by atoms with van der Waals surface area (Å²) in [5.74, 6) is -9.46. The van der Waals surface area contributed by atoms with Crippen LogP contribution >= 0.6 is 0 Å². The van der Waals surface area contributed by atoms with Crippen LogP contribution in [0.5, 0.6) is 0 Å². The molecule has 0 heterocycles. The van der Waals surface area contributed by atoms with E-state index in [1.807, 2.05) is 18.2 Å². The maximum absolute atomic E-state index is 13.9. The van der Waals surface area contributed by atoms with Gasteiger partial charge in [-0.2, -0.15) is 0 Å². The second-order valence-corrected chi connectivity index (χ2v) is 7.33. The van der Waals surface area contributed by atoms with E-state index in [9.17, 15) is 22.0 Å². The zero-order valence-electron chi connectivity index (χ0n) is 12.0. The first-order chi connectivity index (χ1) is 11.5. The molecule has 1 radical (unpaired) electrons. The molecule has 0 N–H and O–H groups in total. The molecule has 0 aliphatic heterocycles. The van der Waals surface area contributed by atoms with Gasteiger partial charge < -0.3 is 0 Å². The molecule has 0 saturated heterocycles. The van der Waals surface area contributed by atoms with Crippen LogP contribution < -0.4 is 8.70 Å². The quantitative estimate of drug-likeness (QED) is 0.275. The van der Waals surface area contributed by atoms with Crippen molar-refractivity contribution in [3.63, 3.8) is 0 Å². The molecular formula is C18H9AsF5. The summed E-state index contributed by atoms with van der Waals surface area (Å²) in [6.07, 6.45) is 0. The average Bonchev–Trinajstić information content (AvgIpc) is 2.63. The van der Waals surface area contributed by atoms with Gasteiger partial charge in [0.2, 0.25) is 0 Å². The molecule has 0 atom stereocenters. The van der Waals surface area contributed by atoms with Crippen LogP contribution in [-0.2, 0) is 0 Å². The first kappa shape index (κ1) is 16.7. The number of benzene rings is 3. The fourth-order valence-corrected chi connectivity index (χ4v) is 4.59. The molecule has 6 heteroatoms. The van der Waals surface area contributed by atoms with Gasteiger partial charge in [-0.05, 0) is 0 Å². The van der Waals surface area contributed by atoms with Gasteiger partial charge in [-0.15, -0.1) is 0 Å². The van der Waals surface area contributed by atoms with Crippen molar-refractivity contribution in [2.45, 2.75) is 0 Å². The number of hydrogen-bond acceptors (Lipinski definition) is 0. The van der Waals surface area contributed by atoms with Gasteiger partial charge in [0.1, 0.15) is 0 Å². The maximum atomic E-state index is 13.9. The Bertz CT molecular complexity index is 864. The molecule has 0 fully saturated rings. The second kappa shape index (κ2) is 6.78. The monoisotopic (exact) mass is 395 g/mol. The predicted molar refractivity (Wildman–Crippen MR) is 83.1 cm³/mol. The first-order valence-electron chi connectivity index (χ1n) is 6.88. The summed E-state index contributed by atoms with van der Waals surface area (Å²) < 4.78 is 67.6. The van der Waals surface area contributed by atoms with Crippen LogP contribution in [0.1, 0.15) is 0 Å². The Hall–Kier alpha value is -2.13. The molecule has 0 nitrogen and oxygen atoms in total. The van der Waals surface area contributed by atoms with Gasteiger partial charge in [-0.25, -0.2) is 0 Å². The van der Waals surface area contributed by atoms with Crippen LogP contribution in [-0.4, -0.2) is 15.8 Å². The van der Waals surface area contributed by atoms with E-state index in [0.29, 0.717) is 9.91 Å². The van der Waals surface area contributed by atoms with E-state index >= 15 is 0 Å². The van der Waals surface area contributed by atoms with E-state index in [1.165, 1.54) is 0 Å². The average molecular weight is 395 g/mol. The zero-order chi connectivity index (χ0) is 17.3. The SMILES string of the molecule is Fc1c(F)c(F)c([As]c2ccccc2-c2ccccc2)c(F)c1F. The third kappa shape index (κ3) is 2.96. The Morgan fingerprint density at radius 1 is 0.542 bits per heavy atom.